The number of hydrogen-bond acceptors (Lipinski definition) is 3. The monoisotopic (exact) mass is 329 g/mol. The largest absolute Gasteiger partial charge is 0.353 e. The van der Waals surface area contributed by atoms with Crippen molar-refractivity contribution in [2.24, 2.45) is 11.8 Å². The van der Waals surface area contributed by atoms with Crippen molar-refractivity contribution >= 4 is 11.8 Å². The molecule has 1 aromatic rings. The van der Waals surface area contributed by atoms with E-state index in [1.165, 1.54) is 12.8 Å². The first-order chi connectivity index (χ1) is 11.7. The molecule has 0 saturated heterocycles. The van der Waals surface area contributed by atoms with E-state index in [4.69, 9.17) is 0 Å². The third-order valence-corrected chi connectivity index (χ3v) is 5.39. The van der Waals surface area contributed by atoms with Gasteiger partial charge in [-0.25, -0.2) is 0 Å². The van der Waals surface area contributed by atoms with E-state index >= 15 is 0 Å². The number of nitrogens with zero attached hydrogens (tertiary/aromatic N) is 1. The van der Waals surface area contributed by atoms with Crippen molar-refractivity contribution < 1.29 is 9.59 Å². The lowest BCUT2D eigenvalue weighted by Gasteiger charge is -2.28. The molecule has 1 aromatic heterocycles. The third kappa shape index (κ3) is 4.56. The zero-order chi connectivity index (χ0) is 16.8. The number of hydrogen-bond donors (Lipinski definition) is 2. The molecule has 0 atom stereocenters. The lowest BCUT2D eigenvalue weighted by atomic mass is 9.81. The zero-order valence-electron chi connectivity index (χ0n) is 14.2. The van der Waals surface area contributed by atoms with Crippen LogP contribution in [0.25, 0.3) is 0 Å². The summed E-state index contributed by atoms with van der Waals surface area (Å²) in [5, 5.41) is 6.20. The van der Waals surface area contributed by atoms with Crippen molar-refractivity contribution in [1.29, 1.82) is 0 Å². The summed E-state index contributed by atoms with van der Waals surface area (Å²) in [6.07, 6.45) is 11.4. The molecule has 0 bridgehead atoms. The normalized spacial score (nSPS) is 24.5. The Morgan fingerprint density at radius 3 is 2.12 bits per heavy atom. The molecule has 5 heteroatoms. The van der Waals surface area contributed by atoms with Crippen molar-refractivity contribution in [3.8, 4) is 0 Å². The van der Waals surface area contributed by atoms with Gasteiger partial charge in [-0.2, -0.15) is 0 Å². The maximum atomic E-state index is 12.3. The highest BCUT2D eigenvalue weighted by atomic mass is 16.2. The van der Waals surface area contributed by atoms with Crippen LogP contribution in [0.5, 0.6) is 0 Å². The molecule has 0 radical (unpaired) electrons. The number of carbonyl (C=O) groups excluding carboxylic acids is 2. The third-order valence-electron chi connectivity index (χ3n) is 5.39. The summed E-state index contributed by atoms with van der Waals surface area (Å²) in [5.74, 6) is 0.455. The van der Waals surface area contributed by atoms with Crippen molar-refractivity contribution in [3.63, 3.8) is 0 Å². The highest BCUT2D eigenvalue weighted by Gasteiger charge is 2.31. The van der Waals surface area contributed by atoms with Crippen LogP contribution in [0.4, 0.5) is 0 Å². The van der Waals surface area contributed by atoms with E-state index in [0.29, 0.717) is 12.6 Å². The molecular formula is C19H27N3O2. The Morgan fingerprint density at radius 1 is 0.917 bits per heavy atom. The Morgan fingerprint density at radius 2 is 1.50 bits per heavy atom. The van der Waals surface area contributed by atoms with Gasteiger partial charge < -0.3 is 10.6 Å². The summed E-state index contributed by atoms with van der Waals surface area (Å²) in [6, 6.07) is 4.20. The molecule has 2 aliphatic carbocycles. The van der Waals surface area contributed by atoms with Crippen LogP contribution in [0.15, 0.2) is 24.5 Å². The fraction of sp³-hybridized carbons (Fsp3) is 0.632. The Hall–Kier alpha value is -1.91. The van der Waals surface area contributed by atoms with Gasteiger partial charge in [-0.05, 0) is 56.2 Å². The van der Waals surface area contributed by atoms with Gasteiger partial charge in [-0.3, -0.25) is 14.6 Å². The predicted molar refractivity (Wildman–Crippen MR) is 91.9 cm³/mol. The second kappa shape index (κ2) is 8.27. The highest BCUT2D eigenvalue weighted by molar-refractivity contribution is 5.81. The quantitative estimate of drug-likeness (QED) is 0.872. The Labute approximate surface area is 143 Å². The molecular weight excluding hydrogens is 302 g/mol. The first-order valence-electron chi connectivity index (χ1n) is 9.19. The van der Waals surface area contributed by atoms with Gasteiger partial charge in [0, 0.05) is 36.8 Å². The van der Waals surface area contributed by atoms with Crippen LogP contribution >= 0.6 is 0 Å². The predicted octanol–water partition coefficient (Wildman–Crippen LogP) is 2.56. The van der Waals surface area contributed by atoms with Crippen LogP contribution in [-0.4, -0.2) is 22.8 Å². The fourth-order valence-electron chi connectivity index (χ4n) is 3.84. The minimum atomic E-state index is 0.0439. The first-order valence-corrected chi connectivity index (χ1v) is 9.19. The van der Waals surface area contributed by atoms with Crippen molar-refractivity contribution in [3.05, 3.63) is 30.1 Å². The molecule has 3 rings (SSSR count). The second-order valence-electron chi connectivity index (χ2n) is 7.11. The van der Waals surface area contributed by atoms with Crippen LogP contribution in [0.2, 0.25) is 0 Å². The van der Waals surface area contributed by atoms with Crippen LogP contribution in [0, 0.1) is 11.8 Å². The van der Waals surface area contributed by atoms with Crippen molar-refractivity contribution in [1.82, 2.24) is 15.6 Å². The van der Waals surface area contributed by atoms with E-state index in [0.717, 1.165) is 44.1 Å². The van der Waals surface area contributed by atoms with E-state index in [1.807, 2.05) is 12.1 Å². The number of nitrogens with one attached hydrogen (secondary N) is 2. The molecule has 0 unspecified atom stereocenters. The van der Waals surface area contributed by atoms with E-state index in [-0.39, 0.29) is 23.7 Å². The first kappa shape index (κ1) is 16.9. The molecule has 0 aromatic carbocycles. The van der Waals surface area contributed by atoms with Crippen LogP contribution in [0.1, 0.15) is 56.9 Å². The van der Waals surface area contributed by atoms with Gasteiger partial charge >= 0.3 is 0 Å². The zero-order valence-corrected chi connectivity index (χ0v) is 14.2. The fourth-order valence-corrected chi connectivity index (χ4v) is 3.84. The van der Waals surface area contributed by atoms with Gasteiger partial charge in [0.1, 0.15) is 0 Å². The number of aromatic nitrogens is 1. The van der Waals surface area contributed by atoms with Crippen LogP contribution in [0.3, 0.4) is 0 Å². The second-order valence-corrected chi connectivity index (χ2v) is 7.11. The van der Waals surface area contributed by atoms with Crippen molar-refractivity contribution in [2.45, 2.75) is 64.0 Å². The summed E-state index contributed by atoms with van der Waals surface area (Å²) >= 11 is 0. The van der Waals surface area contributed by atoms with E-state index in [2.05, 4.69) is 15.6 Å². The van der Waals surface area contributed by atoms with Gasteiger partial charge in [-0.1, -0.05) is 12.8 Å². The minimum absolute atomic E-state index is 0.0439. The molecule has 0 aliphatic heterocycles. The van der Waals surface area contributed by atoms with Crippen LogP contribution in [-0.2, 0) is 16.1 Å². The minimum Gasteiger partial charge on any atom is -0.353 e. The molecule has 2 amide bonds. The topological polar surface area (TPSA) is 71.1 Å². The standard InChI is InChI=1S/C19H27N3O2/c23-18(21-13-14-9-11-20-12-10-14)15-5-7-16(8-6-15)19(24)22-17-3-1-2-4-17/h9-12,15-17H,1-8,13H2,(H,21,23)(H,22,24). The van der Waals surface area contributed by atoms with E-state index < -0.39 is 0 Å². The molecule has 2 saturated carbocycles. The molecule has 24 heavy (non-hydrogen) atoms. The maximum absolute atomic E-state index is 12.3. The maximum Gasteiger partial charge on any atom is 0.223 e. The molecule has 2 N–H and O–H groups in total. The van der Waals surface area contributed by atoms with Gasteiger partial charge in [0.25, 0.3) is 0 Å². The summed E-state index contributed by atoms with van der Waals surface area (Å²) in [7, 11) is 0. The average molecular weight is 329 g/mol. The van der Waals surface area contributed by atoms with Gasteiger partial charge in [-0.15, -0.1) is 0 Å². The Kier molecular flexibility index (Phi) is 5.83. The molecule has 2 fully saturated rings. The molecule has 1 heterocycles. The van der Waals surface area contributed by atoms with Crippen molar-refractivity contribution in [2.75, 3.05) is 0 Å². The molecule has 2 aliphatic rings. The summed E-state index contributed by atoms with van der Waals surface area (Å²) in [4.78, 5) is 28.6. The van der Waals surface area contributed by atoms with Gasteiger partial charge in [0.05, 0.1) is 0 Å². The smallest absolute Gasteiger partial charge is 0.223 e. The lowest BCUT2D eigenvalue weighted by Crippen LogP contribution is -2.40. The summed E-state index contributed by atoms with van der Waals surface area (Å²) in [5.41, 5.74) is 1.06. The lowest BCUT2D eigenvalue weighted by molar-refractivity contribution is -0.131. The SMILES string of the molecule is O=C(NCc1ccncc1)C1CCC(C(=O)NC2CCCC2)CC1. The Bertz CT molecular complexity index is 547. The van der Waals surface area contributed by atoms with E-state index in [1.54, 1.807) is 12.4 Å². The summed E-state index contributed by atoms with van der Waals surface area (Å²) in [6.45, 7) is 0.545. The number of pyridine rings is 1. The number of rotatable bonds is 5. The van der Waals surface area contributed by atoms with Gasteiger partial charge in [0.15, 0.2) is 0 Å². The molecule has 130 valence electrons. The van der Waals surface area contributed by atoms with Gasteiger partial charge in [0.2, 0.25) is 11.8 Å². The number of carbonyl (C=O) groups is 2. The summed E-state index contributed by atoms with van der Waals surface area (Å²) < 4.78 is 0. The highest BCUT2D eigenvalue weighted by Crippen LogP contribution is 2.30. The average Bonchev–Trinajstić information content (AvgIpc) is 3.13. The molecule has 0 spiro atoms. The van der Waals surface area contributed by atoms with Crippen LogP contribution < -0.4 is 10.6 Å². The Balaban J connectivity index is 1.39. The molecule has 5 nitrogen and oxygen atoms in total. The number of amides is 2. The van der Waals surface area contributed by atoms with E-state index in [9.17, 15) is 9.59 Å².